The number of rotatable bonds is 8. The predicted octanol–water partition coefficient (Wildman–Crippen LogP) is 5.16. The van der Waals surface area contributed by atoms with E-state index in [9.17, 15) is 0 Å². The number of methoxy groups -OCH3 is 3. The lowest BCUT2D eigenvalue weighted by Gasteiger charge is -2.21. The first-order chi connectivity index (χ1) is 14.0. The monoisotopic (exact) mass is 468 g/mol. The molecular weight excluding hydrogens is 439 g/mol. The van der Waals surface area contributed by atoms with Gasteiger partial charge in [0, 0.05) is 31.9 Å². The van der Waals surface area contributed by atoms with E-state index < -0.39 is 0 Å². The molecule has 0 aliphatic heterocycles. The zero-order chi connectivity index (χ0) is 21.0. The molecule has 0 aliphatic carbocycles. The smallest absolute Gasteiger partial charge is 0.203 e. The zero-order valence-electron chi connectivity index (χ0n) is 18.7. The SMILES string of the molecule is CCOc1ccc2c(Cc3cc(OC)c(OC)c(OC)c3)cncc2c1N(C)C.Cl.Cl. The van der Waals surface area contributed by atoms with Crippen LogP contribution in [0.4, 0.5) is 5.69 Å². The normalized spacial score (nSPS) is 10.0. The fraction of sp³-hybridized carbons (Fsp3) is 0.348. The quantitative estimate of drug-likeness (QED) is 0.454. The summed E-state index contributed by atoms with van der Waals surface area (Å²) in [4.78, 5) is 6.57. The first-order valence-electron chi connectivity index (χ1n) is 9.52. The van der Waals surface area contributed by atoms with Crippen molar-refractivity contribution in [1.29, 1.82) is 0 Å². The molecule has 0 unspecified atom stereocenters. The summed E-state index contributed by atoms with van der Waals surface area (Å²) in [6.07, 6.45) is 4.49. The largest absolute Gasteiger partial charge is 0.493 e. The predicted molar refractivity (Wildman–Crippen MR) is 131 cm³/mol. The van der Waals surface area contributed by atoms with E-state index in [1.54, 1.807) is 21.3 Å². The van der Waals surface area contributed by atoms with Gasteiger partial charge in [-0.3, -0.25) is 4.98 Å². The lowest BCUT2D eigenvalue weighted by molar-refractivity contribution is 0.324. The molecule has 1 aromatic heterocycles. The molecule has 8 heteroatoms. The highest BCUT2D eigenvalue weighted by Gasteiger charge is 2.16. The Balaban J connectivity index is 0.00000240. The molecule has 3 rings (SSSR count). The van der Waals surface area contributed by atoms with E-state index in [2.05, 4.69) is 16.0 Å². The third kappa shape index (κ3) is 5.38. The molecule has 0 saturated carbocycles. The first-order valence-corrected chi connectivity index (χ1v) is 9.52. The molecule has 0 aliphatic rings. The second kappa shape index (κ2) is 11.7. The van der Waals surface area contributed by atoms with E-state index in [1.165, 1.54) is 0 Å². The van der Waals surface area contributed by atoms with Gasteiger partial charge in [0.2, 0.25) is 5.75 Å². The van der Waals surface area contributed by atoms with E-state index in [0.29, 0.717) is 30.3 Å². The Kier molecular flexibility index (Phi) is 10.0. The summed E-state index contributed by atoms with van der Waals surface area (Å²) in [5.41, 5.74) is 3.20. The number of hydrogen-bond donors (Lipinski definition) is 0. The van der Waals surface area contributed by atoms with Gasteiger partial charge in [0.05, 0.1) is 33.6 Å². The van der Waals surface area contributed by atoms with Crippen LogP contribution in [0.15, 0.2) is 36.7 Å². The molecule has 0 radical (unpaired) electrons. The van der Waals surface area contributed by atoms with E-state index in [4.69, 9.17) is 18.9 Å². The van der Waals surface area contributed by atoms with Crippen LogP contribution < -0.4 is 23.8 Å². The van der Waals surface area contributed by atoms with Crippen LogP contribution in [0.1, 0.15) is 18.1 Å². The zero-order valence-corrected chi connectivity index (χ0v) is 20.4. The van der Waals surface area contributed by atoms with Gasteiger partial charge in [-0.05, 0) is 48.1 Å². The topological polar surface area (TPSA) is 53.1 Å². The molecule has 0 fully saturated rings. The van der Waals surface area contributed by atoms with Gasteiger partial charge in [0.25, 0.3) is 0 Å². The van der Waals surface area contributed by atoms with Crippen LogP contribution >= 0.6 is 24.8 Å². The third-order valence-corrected chi connectivity index (χ3v) is 4.83. The highest BCUT2D eigenvalue weighted by atomic mass is 35.5. The summed E-state index contributed by atoms with van der Waals surface area (Å²) in [6, 6.07) is 8.07. The van der Waals surface area contributed by atoms with Gasteiger partial charge in [-0.15, -0.1) is 24.8 Å². The second-order valence-electron chi connectivity index (χ2n) is 6.84. The van der Waals surface area contributed by atoms with Crippen molar-refractivity contribution in [3.05, 3.63) is 47.8 Å². The van der Waals surface area contributed by atoms with Gasteiger partial charge in [0.1, 0.15) is 5.75 Å². The Morgan fingerprint density at radius 1 is 0.839 bits per heavy atom. The molecule has 0 spiro atoms. The third-order valence-electron chi connectivity index (χ3n) is 4.83. The maximum Gasteiger partial charge on any atom is 0.203 e. The fourth-order valence-corrected chi connectivity index (χ4v) is 3.60. The number of pyridine rings is 1. The molecule has 0 N–H and O–H groups in total. The van der Waals surface area contributed by atoms with E-state index >= 15 is 0 Å². The van der Waals surface area contributed by atoms with Gasteiger partial charge in [-0.25, -0.2) is 0 Å². The number of fused-ring (bicyclic) bond motifs is 1. The Labute approximate surface area is 196 Å². The van der Waals surface area contributed by atoms with Gasteiger partial charge in [-0.2, -0.15) is 0 Å². The van der Waals surface area contributed by atoms with Crippen molar-refractivity contribution in [2.24, 2.45) is 0 Å². The number of aromatic nitrogens is 1. The van der Waals surface area contributed by atoms with Crippen LogP contribution in [0.3, 0.4) is 0 Å². The van der Waals surface area contributed by atoms with Crippen molar-refractivity contribution in [3.8, 4) is 23.0 Å². The molecule has 0 amide bonds. The average Bonchev–Trinajstić information content (AvgIpc) is 2.72. The number of ether oxygens (including phenoxy) is 4. The maximum absolute atomic E-state index is 5.83. The van der Waals surface area contributed by atoms with E-state index in [0.717, 1.165) is 33.3 Å². The minimum atomic E-state index is 0. The van der Waals surface area contributed by atoms with Gasteiger partial charge in [-0.1, -0.05) is 6.07 Å². The van der Waals surface area contributed by atoms with Crippen LogP contribution in [0.2, 0.25) is 0 Å². The van der Waals surface area contributed by atoms with Crippen LogP contribution in [-0.4, -0.2) is 47.0 Å². The molecule has 31 heavy (non-hydrogen) atoms. The van der Waals surface area contributed by atoms with Gasteiger partial charge >= 0.3 is 0 Å². The van der Waals surface area contributed by atoms with Gasteiger partial charge < -0.3 is 23.8 Å². The Morgan fingerprint density at radius 2 is 1.48 bits per heavy atom. The molecule has 0 bridgehead atoms. The van der Waals surface area contributed by atoms with Crippen molar-refractivity contribution in [2.75, 3.05) is 46.9 Å². The van der Waals surface area contributed by atoms with Crippen LogP contribution in [-0.2, 0) is 6.42 Å². The number of halogens is 2. The molecule has 2 aromatic carbocycles. The van der Waals surface area contributed by atoms with Gasteiger partial charge in [0.15, 0.2) is 11.5 Å². The van der Waals surface area contributed by atoms with Crippen LogP contribution in [0, 0.1) is 0 Å². The van der Waals surface area contributed by atoms with Crippen molar-refractivity contribution in [3.63, 3.8) is 0 Å². The Bertz CT molecular complexity index is 987. The summed E-state index contributed by atoms with van der Waals surface area (Å²) >= 11 is 0. The molecule has 3 aromatic rings. The average molecular weight is 469 g/mol. The van der Waals surface area contributed by atoms with E-state index in [1.807, 2.05) is 51.6 Å². The standard InChI is InChI=1S/C23H28N2O4.2ClH/c1-7-29-19-9-8-17-16(13-24-14-18(17)22(19)25(2)3)10-15-11-20(26-4)23(28-6)21(12-15)27-5;;/h8-9,11-14H,7,10H2,1-6H3;2*1H. The molecular formula is C23H30Cl2N2O4. The summed E-state index contributed by atoms with van der Waals surface area (Å²) in [6.45, 7) is 2.60. The summed E-state index contributed by atoms with van der Waals surface area (Å²) in [5.74, 6) is 2.73. The van der Waals surface area contributed by atoms with Crippen LogP contribution in [0.5, 0.6) is 23.0 Å². The fourth-order valence-electron chi connectivity index (χ4n) is 3.60. The maximum atomic E-state index is 5.83. The molecule has 1 heterocycles. The lowest BCUT2D eigenvalue weighted by atomic mass is 9.99. The second-order valence-corrected chi connectivity index (χ2v) is 6.84. The summed E-state index contributed by atoms with van der Waals surface area (Å²) in [5, 5.41) is 2.20. The molecule has 0 saturated heterocycles. The summed E-state index contributed by atoms with van der Waals surface area (Å²) < 4.78 is 22.3. The Morgan fingerprint density at radius 3 is 2.00 bits per heavy atom. The number of nitrogens with zero attached hydrogens (tertiary/aromatic N) is 2. The molecule has 6 nitrogen and oxygen atoms in total. The first kappa shape index (κ1) is 26.5. The summed E-state index contributed by atoms with van der Waals surface area (Å²) in [7, 11) is 8.89. The lowest BCUT2D eigenvalue weighted by Crippen LogP contribution is -2.12. The van der Waals surface area contributed by atoms with Crippen LogP contribution in [0.25, 0.3) is 10.8 Å². The van der Waals surface area contributed by atoms with Crippen molar-refractivity contribution < 1.29 is 18.9 Å². The minimum Gasteiger partial charge on any atom is -0.493 e. The number of anilines is 1. The van der Waals surface area contributed by atoms with Crippen molar-refractivity contribution in [2.45, 2.75) is 13.3 Å². The highest BCUT2D eigenvalue weighted by Crippen LogP contribution is 2.40. The number of hydrogen-bond acceptors (Lipinski definition) is 6. The highest BCUT2D eigenvalue weighted by molar-refractivity contribution is 5.98. The molecule has 0 atom stereocenters. The van der Waals surface area contributed by atoms with Crippen molar-refractivity contribution in [1.82, 2.24) is 4.98 Å². The number of benzene rings is 2. The van der Waals surface area contributed by atoms with Crippen molar-refractivity contribution >= 4 is 41.3 Å². The molecule has 170 valence electrons. The Hall–Kier alpha value is -2.57. The minimum absolute atomic E-state index is 0. The van der Waals surface area contributed by atoms with E-state index in [-0.39, 0.29) is 24.8 Å².